The molecule has 0 N–H and O–H groups in total. The van der Waals surface area contributed by atoms with Gasteiger partial charge in [0.15, 0.2) is 5.65 Å². The second-order valence-electron chi connectivity index (χ2n) is 8.90. The number of aromatic nitrogens is 3. The zero-order valence-electron chi connectivity index (χ0n) is 18.4. The SMILES string of the molecule is O=C(c1cnn2c(C(F)(F)F)cc(C3CC3)nc12)N1CCN(Cc2cccc(C(F)(F)F)c2)CC1. The van der Waals surface area contributed by atoms with Crippen molar-refractivity contribution in [3.8, 4) is 0 Å². The number of benzene rings is 1. The molecule has 0 radical (unpaired) electrons. The molecule has 0 spiro atoms. The molecule has 0 unspecified atom stereocenters. The van der Waals surface area contributed by atoms with Crippen LogP contribution in [0.25, 0.3) is 5.65 Å². The van der Waals surface area contributed by atoms with Gasteiger partial charge in [-0.2, -0.15) is 31.4 Å². The first kappa shape index (κ1) is 23.6. The van der Waals surface area contributed by atoms with Crippen molar-refractivity contribution in [2.45, 2.75) is 37.7 Å². The van der Waals surface area contributed by atoms with E-state index >= 15 is 0 Å². The number of carbonyl (C=O) groups is 1. The van der Waals surface area contributed by atoms with Crippen LogP contribution in [0.3, 0.4) is 0 Å². The fourth-order valence-corrected chi connectivity index (χ4v) is 4.31. The van der Waals surface area contributed by atoms with Crippen LogP contribution in [0.2, 0.25) is 0 Å². The van der Waals surface area contributed by atoms with Crippen molar-refractivity contribution in [3.63, 3.8) is 0 Å². The molecule has 5 rings (SSSR count). The topological polar surface area (TPSA) is 53.7 Å². The van der Waals surface area contributed by atoms with Crippen LogP contribution in [0.1, 0.15) is 51.6 Å². The first-order valence-electron chi connectivity index (χ1n) is 11.1. The van der Waals surface area contributed by atoms with Crippen LogP contribution in [0.5, 0.6) is 0 Å². The summed E-state index contributed by atoms with van der Waals surface area (Å²) in [5.41, 5.74) is -0.964. The number of nitrogens with zero attached hydrogens (tertiary/aromatic N) is 5. The number of hydrogen-bond donors (Lipinski definition) is 0. The van der Waals surface area contributed by atoms with E-state index in [2.05, 4.69) is 10.1 Å². The average molecular weight is 497 g/mol. The predicted octanol–water partition coefficient (Wildman–Crippen LogP) is 4.60. The molecule has 0 atom stereocenters. The second-order valence-corrected chi connectivity index (χ2v) is 8.90. The zero-order chi connectivity index (χ0) is 25.0. The van der Waals surface area contributed by atoms with Crippen molar-refractivity contribution in [3.05, 3.63) is 64.6 Å². The van der Waals surface area contributed by atoms with Crippen molar-refractivity contribution in [2.75, 3.05) is 26.2 Å². The normalized spacial score (nSPS) is 17.8. The van der Waals surface area contributed by atoms with Crippen LogP contribution in [-0.4, -0.2) is 56.5 Å². The maximum Gasteiger partial charge on any atom is 0.433 e. The van der Waals surface area contributed by atoms with Gasteiger partial charge in [-0.1, -0.05) is 18.2 Å². The third-order valence-electron chi connectivity index (χ3n) is 6.33. The molecule has 2 aliphatic rings. The van der Waals surface area contributed by atoms with Crippen LogP contribution >= 0.6 is 0 Å². The van der Waals surface area contributed by atoms with Gasteiger partial charge in [0.05, 0.1) is 11.8 Å². The highest BCUT2D eigenvalue weighted by Gasteiger charge is 2.38. The maximum absolute atomic E-state index is 13.6. The molecule has 6 nitrogen and oxygen atoms in total. The van der Waals surface area contributed by atoms with Gasteiger partial charge in [0.2, 0.25) is 0 Å². The minimum Gasteiger partial charge on any atom is -0.336 e. The number of halogens is 6. The summed E-state index contributed by atoms with van der Waals surface area (Å²) < 4.78 is 80.4. The lowest BCUT2D eigenvalue weighted by Gasteiger charge is -2.34. The van der Waals surface area contributed by atoms with E-state index in [1.54, 1.807) is 6.07 Å². The second kappa shape index (κ2) is 8.51. The van der Waals surface area contributed by atoms with Crippen LogP contribution < -0.4 is 0 Å². The number of alkyl halides is 6. The van der Waals surface area contributed by atoms with E-state index in [-0.39, 0.29) is 30.2 Å². The van der Waals surface area contributed by atoms with Crippen molar-refractivity contribution in [1.29, 1.82) is 0 Å². The molecule has 0 bridgehead atoms. The number of amides is 1. The van der Waals surface area contributed by atoms with Crippen LogP contribution in [0, 0.1) is 0 Å². The Morgan fingerprint density at radius 2 is 1.69 bits per heavy atom. The molecule has 12 heteroatoms. The zero-order valence-corrected chi connectivity index (χ0v) is 18.4. The molecular weight excluding hydrogens is 476 g/mol. The van der Waals surface area contributed by atoms with E-state index in [0.29, 0.717) is 35.4 Å². The Labute approximate surface area is 196 Å². The summed E-state index contributed by atoms with van der Waals surface area (Å²) in [6, 6.07) is 6.11. The monoisotopic (exact) mass is 497 g/mol. The first-order chi connectivity index (χ1) is 16.5. The molecular formula is C23H21F6N5O. The van der Waals surface area contributed by atoms with E-state index in [1.807, 2.05) is 4.90 Å². The van der Waals surface area contributed by atoms with Gasteiger partial charge in [0.25, 0.3) is 5.91 Å². The molecule has 2 aromatic heterocycles. The highest BCUT2D eigenvalue weighted by Crippen LogP contribution is 2.41. The average Bonchev–Trinajstić information content (AvgIpc) is 3.57. The molecule has 1 aliphatic carbocycles. The molecule has 1 saturated carbocycles. The largest absolute Gasteiger partial charge is 0.433 e. The lowest BCUT2D eigenvalue weighted by molar-refractivity contribution is -0.142. The Balaban J connectivity index is 1.31. The number of carbonyl (C=O) groups excluding carboxylic acids is 1. The highest BCUT2D eigenvalue weighted by molar-refractivity contribution is 5.99. The summed E-state index contributed by atoms with van der Waals surface area (Å²) in [6.07, 6.45) is -6.44. The van der Waals surface area contributed by atoms with E-state index in [0.717, 1.165) is 37.2 Å². The van der Waals surface area contributed by atoms with E-state index in [9.17, 15) is 31.1 Å². The standard InChI is InChI=1S/C23H21F6N5O/c24-22(25,26)16-3-1-2-14(10-16)13-32-6-8-33(9-7-32)21(35)17-12-30-34-19(23(27,28)29)11-18(15-4-5-15)31-20(17)34/h1-3,10-12,15H,4-9,13H2. The Morgan fingerprint density at radius 1 is 0.971 bits per heavy atom. The number of piperazine rings is 1. The van der Waals surface area contributed by atoms with E-state index in [4.69, 9.17) is 0 Å². The minimum absolute atomic E-state index is 0.00401. The quantitative estimate of drug-likeness (QED) is 0.495. The van der Waals surface area contributed by atoms with Crippen LogP contribution in [-0.2, 0) is 18.9 Å². The van der Waals surface area contributed by atoms with Gasteiger partial charge < -0.3 is 4.90 Å². The Kier molecular flexibility index (Phi) is 5.73. The molecule has 2 fully saturated rings. The fraction of sp³-hybridized carbons (Fsp3) is 0.435. The van der Waals surface area contributed by atoms with Gasteiger partial charge >= 0.3 is 12.4 Å². The third kappa shape index (κ3) is 4.84. The summed E-state index contributed by atoms with van der Waals surface area (Å²) in [4.78, 5) is 20.9. The van der Waals surface area contributed by atoms with Crippen molar-refractivity contribution in [1.82, 2.24) is 24.4 Å². The first-order valence-corrected chi connectivity index (χ1v) is 11.1. The van der Waals surface area contributed by atoms with Gasteiger partial charge in [-0.15, -0.1) is 0 Å². The summed E-state index contributed by atoms with van der Waals surface area (Å²) in [5.74, 6) is -0.509. The highest BCUT2D eigenvalue weighted by atomic mass is 19.4. The van der Waals surface area contributed by atoms with Gasteiger partial charge in [-0.3, -0.25) is 9.69 Å². The van der Waals surface area contributed by atoms with Gasteiger partial charge in [0, 0.05) is 44.3 Å². The van der Waals surface area contributed by atoms with E-state index in [1.165, 1.54) is 11.0 Å². The lowest BCUT2D eigenvalue weighted by Crippen LogP contribution is -2.48. The minimum atomic E-state index is -4.65. The molecule has 1 aromatic carbocycles. The summed E-state index contributed by atoms with van der Waals surface area (Å²) in [5, 5.41) is 3.81. The van der Waals surface area contributed by atoms with Crippen molar-refractivity contribution >= 4 is 11.6 Å². The molecule has 1 amide bonds. The van der Waals surface area contributed by atoms with Crippen LogP contribution in [0.4, 0.5) is 26.3 Å². The molecule has 35 heavy (non-hydrogen) atoms. The molecule has 1 saturated heterocycles. The Morgan fingerprint density at radius 3 is 2.31 bits per heavy atom. The fourth-order valence-electron chi connectivity index (χ4n) is 4.31. The molecule has 1 aliphatic heterocycles. The summed E-state index contributed by atoms with van der Waals surface area (Å²) in [6.45, 7) is 1.68. The summed E-state index contributed by atoms with van der Waals surface area (Å²) >= 11 is 0. The molecule has 3 aromatic rings. The van der Waals surface area contributed by atoms with Crippen molar-refractivity contribution in [2.24, 2.45) is 0 Å². The third-order valence-corrected chi connectivity index (χ3v) is 6.33. The smallest absolute Gasteiger partial charge is 0.336 e. The molecule has 3 heterocycles. The van der Waals surface area contributed by atoms with Gasteiger partial charge in [-0.25, -0.2) is 9.50 Å². The van der Waals surface area contributed by atoms with Crippen molar-refractivity contribution < 1.29 is 31.1 Å². The molecule has 186 valence electrons. The van der Waals surface area contributed by atoms with Gasteiger partial charge in [-0.05, 0) is 30.5 Å². The lowest BCUT2D eigenvalue weighted by atomic mass is 10.1. The maximum atomic E-state index is 13.6. The number of fused-ring (bicyclic) bond motifs is 1. The number of rotatable bonds is 4. The predicted molar refractivity (Wildman–Crippen MR) is 113 cm³/mol. The Bertz CT molecular complexity index is 1260. The van der Waals surface area contributed by atoms with E-state index < -0.39 is 29.5 Å². The summed E-state index contributed by atoms with van der Waals surface area (Å²) in [7, 11) is 0. The Hall–Kier alpha value is -3.15. The van der Waals surface area contributed by atoms with Gasteiger partial charge in [0.1, 0.15) is 11.3 Å². The van der Waals surface area contributed by atoms with Crippen LogP contribution in [0.15, 0.2) is 36.5 Å². The number of hydrogen-bond acceptors (Lipinski definition) is 4.